The highest BCUT2D eigenvalue weighted by molar-refractivity contribution is 5.75. The van der Waals surface area contributed by atoms with Gasteiger partial charge < -0.3 is 10.3 Å². The SMILES string of the molecule is NNC(=O)NCCc1ccc2nc[nH]c2c1. The number of urea groups is 1. The molecule has 0 aliphatic rings. The third-order valence-corrected chi connectivity index (χ3v) is 2.31. The normalized spacial score (nSPS) is 10.3. The number of carbonyl (C=O) groups is 1. The summed E-state index contributed by atoms with van der Waals surface area (Å²) in [7, 11) is 0. The van der Waals surface area contributed by atoms with Gasteiger partial charge >= 0.3 is 6.03 Å². The van der Waals surface area contributed by atoms with Crippen LogP contribution in [0.25, 0.3) is 11.0 Å². The summed E-state index contributed by atoms with van der Waals surface area (Å²) < 4.78 is 0. The zero-order chi connectivity index (χ0) is 11.4. The number of amides is 2. The first-order valence-electron chi connectivity index (χ1n) is 4.96. The monoisotopic (exact) mass is 219 g/mol. The van der Waals surface area contributed by atoms with E-state index in [1.807, 2.05) is 23.6 Å². The van der Waals surface area contributed by atoms with Crippen LogP contribution < -0.4 is 16.6 Å². The van der Waals surface area contributed by atoms with E-state index in [0.717, 1.165) is 23.0 Å². The van der Waals surface area contributed by atoms with E-state index in [0.29, 0.717) is 6.54 Å². The Bertz CT molecular complexity index is 493. The summed E-state index contributed by atoms with van der Waals surface area (Å²) in [5.74, 6) is 4.94. The Labute approximate surface area is 92.2 Å². The highest BCUT2D eigenvalue weighted by Crippen LogP contribution is 2.11. The second-order valence-electron chi connectivity index (χ2n) is 3.40. The molecule has 84 valence electrons. The lowest BCUT2D eigenvalue weighted by atomic mass is 10.1. The van der Waals surface area contributed by atoms with Crippen LogP contribution in [0.5, 0.6) is 0 Å². The van der Waals surface area contributed by atoms with Crippen LogP contribution in [0.15, 0.2) is 24.5 Å². The number of hydrogen-bond donors (Lipinski definition) is 4. The summed E-state index contributed by atoms with van der Waals surface area (Å²) in [6.07, 6.45) is 2.41. The maximum absolute atomic E-state index is 10.8. The summed E-state index contributed by atoms with van der Waals surface area (Å²) in [4.78, 5) is 18.0. The van der Waals surface area contributed by atoms with Crippen molar-refractivity contribution in [1.82, 2.24) is 20.7 Å². The molecule has 0 atom stereocenters. The van der Waals surface area contributed by atoms with E-state index in [-0.39, 0.29) is 6.03 Å². The summed E-state index contributed by atoms with van der Waals surface area (Å²) in [6.45, 7) is 0.544. The van der Waals surface area contributed by atoms with E-state index < -0.39 is 0 Å². The molecule has 0 fully saturated rings. The van der Waals surface area contributed by atoms with Crippen molar-refractivity contribution in [1.29, 1.82) is 0 Å². The molecule has 0 saturated carbocycles. The fourth-order valence-electron chi connectivity index (χ4n) is 1.51. The first kappa shape index (κ1) is 10.4. The van der Waals surface area contributed by atoms with Gasteiger partial charge in [0.05, 0.1) is 17.4 Å². The zero-order valence-corrected chi connectivity index (χ0v) is 8.66. The second kappa shape index (κ2) is 4.63. The van der Waals surface area contributed by atoms with Crippen molar-refractivity contribution < 1.29 is 4.79 Å². The number of benzene rings is 1. The van der Waals surface area contributed by atoms with Crippen LogP contribution in [-0.4, -0.2) is 22.5 Å². The topological polar surface area (TPSA) is 95.8 Å². The lowest BCUT2D eigenvalue weighted by molar-refractivity contribution is 0.241. The van der Waals surface area contributed by atoms with E-state index >= 15 is 0 Å². The summed E-state index contributed by atoms with van der Waals surface area (Å²) in [6, 6.07) is 5.59. The van der Waals surface area contributed by atoms with Gasteiger partial charge in [-0.1, -0.05) is 6.07 Å². The molecular formula is C10H13N5O. The minimum Gasteiger partial charge on any atom is -0.345 e. The molecule has 1 aromatic carbocycles. The lowest BCUT2D eigenvalue weighted by Gasteiger charge is -2.04. The van der Waals surface area contributed by atoms with Crippen LogP contribution in [0.4, 0.5) is 4.79 Å². The van der Waals surface area contributed by atoms with Gasteiger partial charge in [-0.05, 0) is 24.1 Å². The number of nitrogens with two attached hydrogens (primary N) is 1. The van der Waals surface area contributed by atoms with Crippen molar-refractivity contribution in [3.05, 3.63) is 30.1 Å². The van der Waals surface area contributed by atoms with Crippen LogP contribution in [-0.2, 0) is 6.42 Å². The molecular weight excluding hydrogens is 206 g/mol. The summed E-state index contributed by atoms with van der Waals surface area (Å²) >= 11 is 0. The van der Waals surface area contributed by atoms with E-state index in [1.165, 1.54) is 0 Å². The molecule has 0 unspecified atom stereocenters. The Morgan fingerprint density at radius 3 is 3.19 bits per heavy atom. The van der Waals surface area contributed by atoms with Gasteiger partial charge in [-0.15, -0.1) is 0 Å². The first-order chi connectivity index (χ1) is 7.79. The number of nitrogens with zero attached hydrogens (tertiary/aromatic N) is 1. The van der Waals surface area contributed by atoms with Crippen molar-refractivity contribution in [2.75, 3.05) is 6.54 Å². The smallest absolute Gasteiger partial charge is 0.328 e. The molecule has 0 aliphatic heterocycles. The summed E-state index contributed by atoms with van der Waals surface area (Å²) in [5, 5.41) is 2.62. The van der Waals surface area contributed by atoms with Crippen LogP contribution >= 0.6 is 0 Å². The lowest BCUT2D eigenvalue weighted by Crippen LogP contribution is -2.40. The largest absolute Gasteiger partial charge is 0.345 e. The van der Waals surface area contributed by atoms with Crippen molar-refractivity contribution in [3.63, 3.8) is 0 Å². The number of fused-ring (bicyclic) bond motifs is 1. The Hall–Kier alpha value is -2.08. The molecule has 0 saturated heterocycles. The van der Waals surface area contributed by atoms with E-state index in [2.05, 4.69) is 15.3 Å². The summed E-state index contributed by atoms with van der Waals surface area (Å²) in [5.41, 5.74) is 5.09. The van der Waals surface area contributed by atoms with Gasteiger partial charge in [-0.25, -0.2) is 15.6 Å². The second-order valence-corrected chi connectivity index (χ2v) is 3.40. The third kappa shape index (κ3) is 2.29. The molecule has 0 bridgehead atoms. The molecule has 5 N–H and O–H groups in total. The number of aromatic amines is 1. The molecule has 0 spiro atoms. The number of imidazole rings is 1. The Balaban J connectivity index is 1.96. The van der Waals surface area contributed by atoms with Crippen molar-refractivity contribution in [2.24, 2.45) is 5.84 Å². The average molecular weight is 219 g/mol. The molecule has 0 radical (unpaired) electrons. The highest BCUT2D eigenvalue weighted by atomic mass is 16.2. The number of hydrogen-bond acceptors (Lipinski definition) is 3. The van der Waals surface area contributed by atoms with E-state index in [4.69, 9.17) is 5.84 Å². The standard InChI is InChI=1S/C10H13N5O/c11-15-10(16)12-4-3-7-1-2-8-9(5-7)14-6-13-8/h1-2,5-6H,3-4,11H2,(H,13,14)(H2,12,15,16). The number of aromatic nitrogens is 2. The fourth-order valence-corrected chi connectivity index (χ4v) is 1.51. The molecule has 2 rings (SSSR count). The van der Waals surface area contributed by atoms with Gasteiger partial charge in [0.2, 0.25) is 0 Å². The van der Waals surface area contributed by atoms with Gasteiger partial charge in [0.15, 0.2) is 0 Å². The fraction of sp³-hybridized carbons (Fsp3) is 0.200. The van der Waals surface area contributed by atoms with Crippen LogP contribution in [0.1, 0.15) is 5.56 Å². The quantitative estimate of drug-likeness (QED) is 0.339. The molecule has 6 nitrogen and oxygen atoms in total. The average Bonchev–Trinajstić information content (AvgIpc) is 2.76. The van der Waals surface area contributed by atoms with Gasteiger partial charge in [-0.3, -0.25) is 5.43 Å². The van der Waals surface area contributed by atoms with Gasteiger partial charge in [0, 0.05) is 6.54 Å². The van der Waals surface area contributed by atoms with Crippen LogP contribution in [0.3, 0.4) is 0 Å². The van der Waals surface area contributed by atoms with Crippen LogP contribution in [0.2, 0.25) is 0 Å². The van der Waals surface area contributed by atoms with Crippen molar-refractivity contribution in [2.45, 2.75) is 6.42 Å². The van der Waals surface area contributed by atoms with E-state index in [1.54, 1.807) is 6.33 Å². The molecule has 0 aliphatic carbocycles. The minimum absolute atomic E-state index is 0.373. The maximum atomic E-state index is 10.8. The van der Waals surface area contributed by atoms with Crippen molar-refractivity contribution in [3.8, 4) is 0 Å². The first-order valence-corrected chi connectivity index (χ1v) is 4.96. The number of carbonyl (C=O) groups excluding carboxylic acids is 1. The Morgan fingerprint density at radius 2 is 2.38 bits per heavy atom. The highest BCUT2D eigenvalue weighted by Gasteiger charge is 1.99. The number of rotatable bonds is 3. The Kier molecular flexibility index (Phi) is 3.02. The molecule has 6 heteroatoms. The van der Waals surface area contributed by atoms with Crippen LogP contribution in [0, 0.1) is 0 Å². The van der Waals surface area contributed by atoms with Gasteiger partial charge in [0.1, 0.15) is 0 Å². The van der Waals surface area contributed by atoms with Gasteiger partial charge in [-0.2, -0.15) is 0 Å². The molecule has 2 amide bonds. The van der Waals surface area contributed by atoms with E-state index in [9.17, 15) is 4.79 Å². The number of H-pyrrole nitrogens is 1. The zero-order valence-electron chi connectivity index (χ0n) is 8.66. The molecule has 1 aromatic heterocycles. The molecule has 1 heterocycles. The number of nitrogens with one attached hydrogen (secondary N) is 3. The predicted octanol–water partition coefficient (Wildman–Crippen LogP) is 0.278. The third-order valence-electron chi connectivity index (χ3n) is 2.31. The molecule has 16 heavy (non-hydrogen) atoms. The Morgan fingerprint density at radius 1 is 1.50 bits per heavy atom. The number of hydrazine groups is 1. The maximum Gasteiger partial charge on any atom is 0.328 e. The van der Waals surface area contributed by atoms with Gasteiger partial charge in [0.25, 0.3) is 0 Å². The predicted molar refractivity (Wildman–Crippen MR) is 60.5 cm³/mol. The molecule has 2 aromatic rings. The minimum atomic E-state index is -0.373. The van der Waals surface area contributed by atoms with Crippen molar-refractivity contribution >= 4 is 17.1 Å².